The molecule has 5 heteroatoms. The van der Waals surface area contributed by atoms with Gasteiger partial charge in [0.25, 0.3) is 0 Å². The molecule has 0 radical (unpaired) electrons. The van der Waals surface area contributed by atoms with Crippen molar-refractivity contribution in [1.29, 1.82) is 0 Å². The third-order valence-corrected chi connectivity index (χ3v) is 2.25. The second kappa shape index (κ2) is 5.23. The van der Waals surface area contributed by atoms with E-state index >= 15 is 0 Å². The molecule has 4 nitrogen and oxygen atoms in total. The highest BCUT2D eigenvalue weighted by atomic mass is 32.1. The van der Waals surface area contributed by atoms with E-state index in [4.69, 9.17) is 4.74 Å². The van der Waals surface area contributed by atoms with Gasteiger partial charge in [0.2, 0.25) is 0 Å². The largest absolute Gasteiger partial charge is 0.459 e. The molecule has 0 aliphatic heterocycles. The number of esters is 1. The molecule has 0 aliphatic rings. The van der Waals surface area contributed by atoms with Gasteiger partial charge in [0, 0.05) is 17.6 Å². The van der Waals surface area contributed by atoms with Crippen LogP contribution in [-0.2, 0) is 16.1 Å². The van der Waals surface area contributed by atoms with Crippen LogP contribution < -0.4 is 5.32 Å². The van der Waals surface area contributed by atoms with E-state index in [0.717, 1.165) is 4.88 Å². The average Bonchev–Trinajstić information content (AvgIpc) is 2.53. The van der Waals surface area contributed by atoms with E-state index in [1.54, 1.807) is 23.0 Å². The van der Waals surface area contributed by atoms with E-state index in [-0.39, 0.29) is 12.5 Å². The fourth-order valence-corrected chi connectivity index (χ4v) is 1.56. The first-order chi connectivity index (χ1) is 6.97. The molecule has 0 saturated carbocycles. The monoisotopic (exact) mass is 228 g/mol. The minimum atomic E-state index is -0.413. The van der Waals surface area contributed by atoms with E-state index in [1.165, 1.54) is 0 Å². The predicted octanol–water partition coefficient (Wildman–Crippen LogP) is 1.57. The molecular weight excluding hydrogens is 212 g/mol. The SMILES string of the molecule is CC(C)(C)OC(=O)CNCc1cncs1. The van der Waals surface area contributed by atoms with Crippen molar-refractivity contribution >= 4 is 17.3 Å². The molecule has 1 rings (SSSR count). The number of carbonyl (C=O) groups excluding carboxylic acids is 1. The van der Waals surface area contributed by atoms with Crippen LogP contribution in [-0.4, -0.2) is 23.1 Å². The molecule has 0 spiro atoms. The van der Waals surface area contributed by atoms with E-state index in [0.29, 0.717) is 6.54 Å². The Balaban J connectivity index is 2.18. The third kappa shape index (κ3) is 5.49. The molecule has 0 unspecified atom stereocenters. The lowest BCUT2D eigenvalue weighted by Crippen LogP contribution is -2.31. The minimum absolute atomic E-state index is 0.230. The third-order valence-electron chi connectivity index (χ3n) is 1.47. The Bertz CT molecular complexity index is 304. The summed E-state index contributed by atoms with van der Waals surface area (Å²) < 4.78 is 5.14. The molecule has 1 N–H and O–H groups in total. The summed E-state index contributed by atoms with van der Waals surface area (Å²) in [5.41, 5.74) is 1.35. The first kappa shape index (κ1) is 12.1. The van der Waals surface area contributed by atoms with E-state index in [9.17, 15) is 4.79 Å². The first-order valence-electron chi connectivity index (χ1n) is 4.77. The summed E-state index contributed by atoms with van der Waals surface area (Å²) in [6, 6.07) is 0. The Hall–Kier alpha value is -0.940. The average molecular weight is 228 g/mol. The van der Waals surface area contributed by atoms with Crippen LogP contribution in [0.2, 0.25) is 0 Å². The fraction of sp³-hybridized carbons (Fsp3) is 0.600. The topological polar surface area (TPSA) is 51.2 Å². The van der Waals surface area contributed by atoms with Gasteiger partial charge in [-0.25, -0.2) is 0 Å². The molecule has 84 valence electrons. The van der Waals surface area contributed by atoms with Crippen molar-refractivity contribution in [1.82, 2.24) is 10.3 Å². The summed E-state index contributed by atoms with van der Waals surface area (Å²) >= 11 is 1.56. The van der Waals surface area contributed by atoms with Gasteiger partial charge in [0.15, 0.2) is 0 Å². The smallest absolute Gasteiger partial charge is 0.320 e. The van der Waals surface area contributed by atoms with Crippen LogP contribution in [0, 0.1) is 0 Å². The lowest BCUT2D eigenvalue weighted by Gasteiger charge is -2.19. The number of thiazole rings is 1. The Labute approximate surface area is 93.7 Å². The van der Waals surface area contributed by atoms with Crippen molar-refractivity contribution in [2.24, 2.45) is 0 Å². The Kier molecular flexibility index (Phi) is 4.23. The zero-order valence-electron chi connectivity index (χ0n) is 9.24. The highest BCUT2D eigenvalue weighted by molar-refractivity contribution is 7.09. The molecule has 1 aromatic rings. The molecule has 0 fully saturated rings. The molecule has 0 bridgehead atoms. The van der Waals surface area contributed by atoms with Crippen molar-refractivity contribution in [2.75, 3.05) is 6.54 Å². The first-order valence-corrected chi connectivity index (χ1v) is 5.65. The lowest BCUT2D eigenvalue weighted by molar-refractivity contribution is -0.153. The molecule has 0 amide bonds. The van der Waals surface area contributed by atoms with Crippen LogP contribution >= 0.6 is 11.3 Å². The Morgan fingerprint density at radius 3 is 2.87 bits per heavy atom. The van der Waals surface area contributed by atoms with Gasteiger partial charge in [-0.15, -0.1) is 11.3 Å². The number of nitrogens with one attached hydrogen (secondary N) is 1. The van der Waals surface area contributed by atoms with Crippen LogP contribution in [0.1, 0.15) is 25.6 Å². The van der Waals surface area contributed by atoms with Crippen molar-refractivity contribution in [3.8, 4) is 0 Å². The zero-order chi connectivity index (χ0) is 11.3. The molecule has 0 atom stereocenters. The number of aromatic nitrogens is 1. The Morgan fingerprint density at radius 1 is 1.60 bits per heavy atom. The molecule has 1 heterocycles. The maximum atomic E-state index is 11.3. The highest BCUT2D eigenvalue weighted by Gasteiger charge is 2.15. The van der Waals surface area contributed by atoms with Gasteiger partial charge in [-0.2, -0.15) is 0 Å². The summed E-state index contributed by atoms with van der Waals surface area (Å²) in [5, 5.41) is 3.01. The Morgan fingerprint density at radius 2 is 2.33 bits per heavy atom. The van der Waals surface area contributed by atoms with E-state index < -0.39 is 5.60 Å². The fourth-order valence-electron chi connectivity index (χ4n) is 0.995. The van der Waals surface area contributed by atoms with Crippen molar-refractivity contribution < 1.29 is 9.53 Å². The van der Waals surface area contributed by atoms with E-state index in [2.05, 4.69) is 10.3 Å². The van der Waals surface area contributed by atoms with Crippen LogP contribution in [0.5, 0.6) is 0 Å². The lowest BCUT2D eigenvalue weighted by atomic mass is 10.2. The maximum absolute atomic E-state index is 11.3. The quantitative estimate of drug-likeness (QED) is 0.795. The van der Waals surface area contributed by atoms with Gasteiger partial charge >= 0.3 is 5.97 Å². The molecule has 1 aromatic heterocycles. The van der Waals surface area contributed by atoms with Crippen molar-refractivity contribution in [2.45, 2.75) is 32.9 Å². The molecule has 0 aliphatic carbocycles. The number of hydrogen-bond donors (Lipinski definition) is 1. The summed E-state index contributed by atoms with van der Waals surface area (Å²) in [6.45, 7) is 6.45. The molecule has 0 aromatic carbocycles. The highest BCUT2D eigenvalue weighted by Crippen LogP contribution is 2.07. The summed E-state index contributed by atoms with van der Waals surface area (Å²) in [5.74, 6) is -0.230. The van der Waals surface area contributed by atoms with Gasteiger partial charge in [0.05, 0.1) is 12.1 Å². The van der Waals surface area contributed by atoms with Crippen LogP contribution in [0.15, 0.2) is 11.7 Å². The number of rotatable bonds is 4. The minimum Gasteiger partial charge on any atom is -0.459 e. The van der Waals surface area contributed by atoms with Crippen molar-refractivity contribution in [3.05, 3.63) is 16.6 Å². The summed E-state index contributed by atoms with van der Waals surface area (Å²) in [6.07, 6.45) is 1.78. The summed E-state index contributed by atoms with van der Waals surface area (Å²) in [7, 11) is 0. The zero-order valence-corrected chi connectivity index (χ0v) is 10.1. The molecule has 0 saturated heterocycles. The predicted molar refractivity (Wildman–Crippen MR) is 59.7 cm³/mol. The van der Waals surface area contributed by atoms with Gasteiger partial charge in [-0.3, -0.25) is 9.78 Å². The molecular formula is C10H16N2O2S. The van der Waals surface area contributed by atoms with Gasteiger partial charge in [-0.1, -0.05) is 0 Å². The number of carbonyl (C=O) groups is 1. The van der Waals surface area contributed by atoms with Crippen LogP contribution in [0.4, 0.5) is 0 Å². The normalized spacial score (nSPS) is 11.4. The maximum Gasteiger partial charge on any atom is 0.320 e. The standard InChI is InChI=1S/C10H16N2O2S/c1-10(2,3)14-9(13)6-11-4-8-5-12-7-15-8/h5,7,11H,4,6H2,1-3H3. The second-order valence-corrected chi connectivity index (χ2v) is 5.13. The van der Waals surface area contributed by atoms with Gasteiger partial charge in [-0.05, 0) is 20.8 Å². The van der Waals surface area contributed by atoms with Crippen molar-refractivity contribution in [3.63, 3.8) is 0 Å². The number of hydrogen-bond acceptors (Lipinski definition) is 5. The second-order valence-electron chi connectivity index (χ2n) is 4.16. The number of ether oxygens (including phenoxy) is 1. The van der Waals surface area contributed by atoms with Crippen LogP contribution in [0.25, 0.3) is 0 Å². The van der Waals surface area contributed by atoms with Crippen LogP contribution in [0.3, 0.4) is 0 Å². The van der Waals surface area contributed by atoms with Gasteiger partial charge in [0.1, 0.15) is 5.60 Å². The molecule has 15 heavy (non-hydrogen) atoms. The van der Waals surface area contributed by atoms with E-state index in [1.807, 2.05) is 20.8 Å². The summed E-state index contributed by atoms with van der Waals surface area (Å²) in [4.78, 5) is 16.3. The number of nitrogens with zero attached hydrogens (tertiary/aromatic N) is 1. The van der Waals surface area contributed by atoms with Gasteiger partial charge < -0.3 is 10.1 Å².